The Bertz CT molecular complexity index is 620. The summed E-state index contributed by atoms with van der Waals surface area (Å²) in [5, 5.41) is 2.96. The van der Waals surface area contributed by atoms with Crippen LogP contribution in [0.2, 0.25) is 0 Å². The van der Waals surface area contributed by atoms with Crippen LogP contribution in [0.3, 0.4) is 0 Å². The predicted octanol–water partition coefficient (Wildman–Crippen LogP) is 2.66. The molecule has 148 valence electrons. The molecule has 0 spiro atoms. The van der Waals surface area contributed by atoms with Gasteiger partial charge in [0, 0.05) is 38.6 Å². The van der Waals surface area contributed by atoms with E-state index in [0.717, 1.165) is 45.6 Å². The van der Waals surface area contributed by atoms with Gasteiger partial charge in [-0.25, -0.2) is 0 Å². The van der Waals surface area contributed by atoms with Crippen molar-refractivity contribution in [2.24, 2.45) is 11.8 Å². The summed E-state index contributed by atoms with van der Waals surface area (Å²) < 4.78 is 0. The molecule has 0 bridgehead atoms. The molecule has 2 amide bonds. The van der Waals surface area contributed by atoms with Gasteiger partial charge < -0.3 is 10.2 Å². The molecule has 1 saturated carbocycles. The predicted molar refractivity (Wildman–Crippen MR) is 107 cm³/mol. The molecule has 0 aromatic heterocycles. The number of hydrogen-bond donors (Lipinski definition) is 1. The molecule has 2 atom stereocenters. The first-order valence-electron chi connectivity index (χ1n) is 10.4. The van der Waals surface area contributed by atoms with E-state index in [-0.39, 0.29) is 17.7 Å². The molecule has 1 aromatic carbocycles. The van der Waals surface area contributed by atoms with Gasteiger partial charge in [-0.05, 0) is 31.2 Å². The number of piperazine rings is 1. The molecule has 1 unspecified atom stereocenters. The molecule has 2 fully saturated rings. The zero-order valence-electron chi connectivity index (χ0n) is 16.7. The van der Waals surface area contributed by atoms with Gasteiger partial charge in [-0.1, -0.05) is 50.1 Å². The second-order valence-corrected chi connectivity index (χ2v) is 8.15. The Labute approximate surface area is 163 Å². The van der Waals surface area contributed by atoms with Gasteiger partial charge in [0.15, 0.2) is 0 Å². The first kappa shape index (κ1) is 19.9. The lowest BCUT2D eigenvalue weighted by Crippen LogP contribution is -2.54. The van der Waals surface area contributed by atoms with Crippen LogP contribution in [0.25, 0.3) is 0 Å². The highest BCUT2D eigenvalue weighted by molar-refractivity contribution is 5.88. The summed E-state index contributed by atoms with van der Waals surface area (Å²) in [6, 6.07) is 9.99. The number of nitrogens with one attached hydrogen (secondary N) is 1. The van der Waals surface area contributed by atoms with E-state index in [0.29, 0.717) is 5.92 Å². The molecular weight excluding hydrogens is 338 g/mol. The summed E-state index contributed by atoms with van der Waals surface area (Å²) >= 11 is 0. The summed E-state index contributed by atoms with van der Waals surface area (Å²) in [6.07, 6.45) is 4.73. The van der Waals surface area contributed by atoms with Gasteiger partial charge in [0.25, 0.3) is 0 Å². The Balaban J connectivity index is 1.43. The Kier molecular flexibility index (Phi) is 6.89. The molecule has 2 aliphatic rings. The minimum absolute atomic E-state index is 0.00506. The molecular formula is C22H33N3O2. The van der Waals surface area contributed by atoms with Crippen molar-refractivity contribution in [1.82, 2.24) is 15.1 Å². The monoisotopic (exact) mass is 371 g/mol. The van der Waals surface area contributed by atoms with E-state index in [2.05, 4.69) is 34.5 Å². The first-order chi connectivity index (χ1) is 13.0. The molecule has 27 heavy (non-hydrogen) atoms. The lowest BCUT2D eigenvalue weighted by atomic mass is 9.91. The van der Waals surface area contributed by atoms with Crippen LogP contribution in [0, 0.1) is 11.8 Å². The number of amides is 2. The van der Waals surface area contributed by atoms with Crippen LogP contribution < -0.4 is 5.32 Å². The van der Waals surface area contributed by atoms with Crippen molar-refractivity contribution in [3.63, 3.8) is 0 Å². The minimum Gasteiger partial charge on any atom is -0.344 e. The molecule has 0 radical (unpaired) electrons. The van der Waals surface area contributed by atoms with E-state index >= 15 is 0 Å². The van der Waals surface area contributed by atoms with Crippen molar-refractivity contribution in [3.8, 4) is 0 Å². The summed E-state index contributed by atoms with van der Waals surface area (Å²) in [5.74, 6) is 0.561. The van der Waals surface area contributed by atoms with Crippen LogP contribution in [0.5, 0.6) is 0 Å². The second-order valence-electron chi connectivity index (χ2n) is 8.15. The summed E-state index contributed by atoms with van der Waals surface area (Å²) in [5.41, 5.74) is 1.30. The summed E-state index contributed by atoms with van der Waals surface area (Å²) in [4.78, 5) is 29.5. The molecule has 1 heterocycles. The standard InChI is InChI=1S/C22H33N3O2/c1-17(20-10-6-7-11-20)21(26)23-18(2)22(27)25-14-12-24(13-15-25)16-19-8-4-3-5-9-19/h3-5,8-9,17-18,20H,6-7,10-16H2,1-2H3,(H,23,26)/t17?,18-/m0/s1. The van der Waals surface area contributed by atoms with Gasteiger partial charge in [0.1, 0.15) is 6.04 Å². The molecule has 1 N–H and O–H groups in total. The average molecular weight is 372 g/mol. The lowest BCUT2D eigenvalue weighted by molar-refractivity contribution is -0.138. The van der Waals surface area contributed by atoms with Crippen LogP contribution in [0.4, 0.5) is 0 Å². The number of nitrogens with zero attached hydrogens (tertiary/aromatic N) is 2. The second kappa shape index (κ2) is 9.36. The topological polar surface area (TPSA) is 52.7 Å². The third kappa shape index (κ3) is 5.32. The molecule has 1 aliphatic carbocycles. The fourth-order valence-electron chi connectivity index (χ4n) is 4.32. The molecule has 5 heteroatoms. The van der Waals surface area contributed by atoms with Gasteiger partial charge in [0.05, 0.1) is 0 Å². The quantitative estimate of drug-likeness (QED) is 0.836. The van der Waals surface area contributed by atoms with Crippen LogP contribution >= 0.6 is 0 Å². The van der Waals surface area contributed by atoms with E-state index in [1.807, 2.05) is 24.8 Å². The smallest absolute Gasteiger partial charge is 0.244 e. The zero-order valence-corrected chi connectivity index (χ0v) is 16.7. The highest BCUT2D eigenvalue weighted by Crippen LogP contribution is 2.31. The van der Waals surface area contributed by atoms with Crippen LogP contribution in [-0.4, -0.2) is 53.8 Å². The highest BCUT2D eigenvalue weighted by atomic mass is 16.2. The molecule has 3 rings (SSSR count). The maximum absolute atomic E-state index is 12.7. The number of carbonyl (C=O) groups excluding carboxylic acids is 2. The third-order valence-corrected chi connectivity index (χ3v) is 6.18. The van der Waals surface area contributed by atoms with Gasteiger partial charge in [-0.2, -0.15) is 0 Å². The molecule has 5 nitrogen and oxygen atoms in total. The SMILES string of the molecule is CC(C(=O)N[C@@H](C)C(=O)N1CCN(Cc2ccccc2)CC1)C1CCCC1. The summed E-state index contributed by atoms with van der Waals surface area (Å²) in [6.45, 7) is 7.95. The zero-order chi connectivity index (χ0) is 19.2. The number of benzene rings is 1. The maximum Gasteiger partial charge on any atom is 0.244 e. The van der Waals surface area contributed by atoms with E-state index in [1.54, 1.807) is 0 Å². The number of rotatable bonds is 6. The highest BCUT2D eigenvalue weighted by Gasteiger charge is 2.30. The van der Waals surface area contributed by atoms with Crippen molar-refractivity contribution in [3.05, 3.63) is 35.9 Å². The lowest BCUT2D eigenvalue weighted by Gasteiger charge is -2.36. The first-order valence-corrected chi connectivity index (χ1v) is 10.4. The molecule has 1 saturated heterocycles. The molecule has 1 aliphatic heterocycles. The largest absolute Gasteiger partial charge is 0.344 e. The van der Waals surface area contributed by atoms with Crippen molar-refractivity contribution in [2.75, 3.05) is 26.2 Å². The van der Waals surface area contributed by atoms with Crippen molar-refractivity contribution < 1.29 is 9.59 Å². The van der Waals surface area contributed by atoms with Crippen LogP contribution in [0.1, 0.15) is 45.1 Å². The molecule has 1 aromatic rings. The van der Waals surface area contributed by atoms with Gasteiger partial charge in [-0.15, -0.1) is 0 Å². The number of carbonyl (C=O) groups is 2. The Hall–Kier alpha value is -1.88. The van der Waals surface area contributed by atoms with E-state index < -0.39 is 6.04 Å². The Morgan fingerprint density at radius 3 is 2.30 bits per heavy atom. The van der Waals surface area contributed by atoms with E-state index in [1.165, 1.54) is 18.4 Å². The van der Waals surface area contributed by atoms with Crippen LogP contribution in [-0.2, 0) is 16.1 Å². The van der Waals surface area contributed by atoms with E-state index in [9.17, 15) is 9.59 Å². The average Bonchev–Trinajstić information content (AvgIpc) is 3.23. The normalized spacial score (nSPS) is 21.0. The minimum atomic E-state index is -0.443. The maximum atomic E-state index is 12.7. The fraction of sp³-hybridized carbons (Fsp3) is 0.636. The van der Waals surface area contributed by atoms with Crippen molar-refractivity contribution in [2.45, 2.75) is 52.1 Å². The van der Waals surface area contributed by atoms with Crippen molar-refractivity contribution >= 4 is 11.8 Å². The summed E-state index contributed by atoms with van der Waals surface area (Å²) in [7, 11) is 0. The Morgan fingerprint density at radius 1 is 1.04 bits per heavy atom. The van der Waals surface area contributed by atoms with Gasteiger partial charge in [-0.3, -0.25) is 14.5 Å². The Morgan fingerprint density at radius 2 is 1.67 bits per heavy atom. The number of hydrogen-bond acceptors (Lipinski definition) is 3. The van der Waals surface area contributed by atoms with Crippen molar-refractivity contribution in [1.29, 1.82) is 0 Å². The fourth-order valence-corrected chi connectivity index (χ4v) is 4.32. The van der Waals surface area contributed by atoms with Gasteiger partial charge in [0.2, 0.25) is 11.8 Å². The third-order valence-electron chi connectivity index (χ3n) is 6.18. The van der Waals surface area contributed by atoms with E-state index in [4.69, 9.17) is 0 Å². The van der Waals surface area contributed by atoms with Crippen LogP contribution in [0.15, 0.2) is 30.3 Å². The van der Waals surface area contributed by atoms with Gasteiger partial charge >= 0.3 is 0 Å².